The van der Waals surface area contributed by atoms with Gasteiger partial charge in [-0.1, -0.05) is 0 Å². The molecule has 0 fully saturated rings. The summed E-state index contributed by atoms with van der Waals surface area (Å²) in [5.41, 5.74) is 2.60. The molecule has 0 saturated carbocycles. The molecule has 1 aliphatic rings. The van der Waals surface area contributed by atoms with E-state index in [4.69, 9.17) is 0 Å². The highest BCUT2D eigenvalue weighted by Crippen LogP contribution is 2.27. The van der Waals surface area contributed by atoms with Crippen LogP contribution in [0.3, 0.4) is 0 Å². The van der Waals surface area contributed by atoms with Gasteiger partial charge >= 0.3 is 11.8 Å². The second-order valence-corrected chi connectivity index (χ2v) is 7.31. The number of aromatic nitrogens is 1. The molecule has 3 rings (SSSR count). The SMILES string of the molecule is CN1CCc2nc(NC(=O)C(=O)Nc3ccc(N(C)C)cc3)sc2C1. The number of carbonyl (C=O) groups excluding carboxylic acids is 2. The van der Waals surface area contributed by atoms with E-state index in [1.807, 2.05) is 31.1 Å². The van der Waals surface area contributed by atoms with E-state index in [0.29, 0.717) is 10.8 Å². The summed E-state index contributed by atoms with van der Waals surface area (Å²) in [4.78, 5) is 33.9. The number of fused-ring (bicyclic) bond motifs is 1. The van der Waals surface area contributed by atoms with Crippen LogP contribution in [-0.4, -0.2) is 49.4 Å². The van der Waals surface area contributed by atoms with E-state index >= 15 is 0 Å². The van der Waals surface area contributed by atoms with Crippen LogP contribution in [0.25, 0.3) is 0 Å². The van der Waals surface area contributed by atoms with Crippen LogP contribution in [0.4, 0.5) is 16.5 Å². The van der Waals surface area contributed by atoms with Crippen molar-refractivity contribution < 1.29 is 9.59 Å². The fraction of sp³-hybridized carbons (Fsp3) is 0.353. The normalized spacial score (nSPS) is 13.9. The molecule has 1 aliphatic heterocycles. The van der Waals surface area contributed by atoms with E-state index < -0.39 is 11.8 Å². The number of benzene rings is 1. The Morgan fingerprint density at radius 2 is 1.84 bits per heavy atom. The average molecular weight is 359 g/mol. The van der Waals surface area contributed by atoms with Gasteiger partial charge in [-0.2, -0.15) is 0 Å². The van der Waals surface area contributed by atoms with Crippen LogP contribution in [0.1, 0.15) is 10.6 Å². The number of carbonyl (C=O) groups is 2. The Balaban J connectivity index is 1.60. The third kappa shape index (κ3) is 4.15. The zero-order valence-corrected chi connectivity index (χ0v) is 15.3. The summed E-state index contributed by atoms with van der Waals surface area (Å²) >= 11 is 1.43. The summed E-state index contributed by atoms with van der Waals surface area (Å²) < 4.78 is 0. The monoisotopic (exact) mass is 359 g/mol. The molecule has 7 nitrogen and oxygen atoms in total. The number of rotatable bonds is 3. The average Bonchev–Trinajstić information content (AvgIpc) is 2.96. The van der Waals surface area contributed by atoms with Crippen molar-refractivity contribution in [2.45, 2.75) is 13.0 Å². The van der Waals surface area contributed by atoms with Gasteiger partial charge in [0.1, 0.15) is 0 Å². The zero-order chi connectivity index (χ0) is 18.0. The topological polar surface area (TPSA) is 77.6 Å². The molecule has 2 N–H and O–H groups in total. The van der Waals surface area contributed by atoms with Crippen molar-refractivity contribution in [2.75, 3.05) is 43.2 Å². The van der Waals surface area contributed by atoms with Gasteiger partial charge in [0.05, 0.1) is 5.69 Å². The molecule has 1 aromatic heterocycles. The smallest absolute Gasteiger partial charge is 0.315 e. The first-order valence-corrected chi connectivity index (χ1v) is 8.81. The first kappa shape index (κ1) is 17.4. The van der Waals surface area contributed by atoms with E-state index in [1.54, 1.807) is 12.1 Å². The molecule has 0 unspecified atom stereocenters. The summed E-state index contributed by atoms with van der Waals surface area (Å²) in [6, 6.07) is 7.27. The molecule has 0 aliphatic carbocycles. The molecule has 8 heteroatoms. The fourth-order valence-corrected chi connectivity index (χ4v) is 3.64. The standard InChI is InChI=1S/C17H21N5O2S/c1-21(2)12-6-4-11(5-7-12)18-15(23)16(24)20-17-19-13-8-9-22(3)10-14(13)25-17/h4-7H,8-10H2,1-3H3,(H,18,23)(H,19,20,24). The predicted octanol–water partition coefficient (Wildman–Crippen LogP) is 1.77. The summed E-state index contributed by atoms with van der Waals surface area (Å²) in [6.07, 6.45) is 0.864. The van der Waals surface area contributed by atoms with Gasteiger partial charge in [0, 0.05) is 49.9 Å². The van der Waals surface area contributed by atoms with E-state index in [0.717, 1.165) is 35.8 Å². The number of hydrogen-bond acceptors (Lipinski definition) is 6. The Hall–Kier alpha value is -2.45. The largest absolute Gasteiger partial charge is 0.378 e. The maximum absolute atomic E-state index is 12.1. The first-order chi connectivity index (χ1) is 11.9. The lowest BCUT2D eigenvalue weighted by molar-refractivity contribution is -0.132. The Kier molecular flexibility index (Phi) is 5.00. The van der Waals surface area contributed by atoms with Crippen molar-refractivity contribution in [3.63, 3.8) is 0 Å². The molecule has 0 saturated heterocycles. The van der Waals surface area contributed by atoms with Crippen LogP contribution in [0.15, 0.2) is 24.3 Å². The number of anilines is 3. The molecule has 1 aromatic carbocycles. The minimum Gasteiger partial charge on any atom is -0.378 e. The van der Waals surface area contributed by atoms with E-state index in [9.17, 15) is 9.59 Å². The van der Waals surface area contributed by atoms with Crippen LogP contribution in [-0.2, 0) is 22.6 Å². The highest BCUT2D eigenvalue weighted by molar-refractivity contribution is 7.16. The van der Waals surface area contributed by atoms with Crippen LogP contribution in [0.2, 0.25) is 0 Å². The van der Waals surface area contributed by atoms with Crippen LogP contribution in [0, 0.1) is 0 Å². The molecule has 0 bridgehead atoms. The Morgan fingerprint density at radius 3 is 2.52 bits per heavy atom. The lowest BCUT2D eigenvalue weighted by Crippen LogP contribution is -2.29. The Morgan fingerprint density at radius 1 is 1.16 bits per heavy atom. The van der Waals surface area contributed by atoms with E-state index in [1.165, 1.54) is 11.3 Å². The van der Waals surface area contributed by atoms with Gasteiger partial charge in [0.15, 0.2) is 5.13 Å². The van der Waals surface area contributed by atoms with Crippen LogP contribution < -0.4 is 15.5 Å². The molecule has 2 heterocycles. The molecule has 25 heavy (non-hydrogen) atoms. The van der Waals surface area contributed by atoms with Crippen molar-refractivity contribution in [1.82, 2.24) is 9.88 Å². The minimum atomic E-state index is -0.712. The Bertz CT molecular complexity index is 785. The lowest BCUT2D eigenvalue weighted by Gasteiger charge is -2.20. The maximum atomic E-state index is 12.1. The van der Waals surface area contributed by atoms with Gasteiger partial charge in [0.2, 0.25) is 0 Å². The molecular formula is C17H21N5O2S. The molecule has 132 valence electrons. The van der Waals surface area contributed by atoms with Gasteiger partial charge in [-0.25, -0.2) is 4.98 Å². The molecule has 0 radical (unpaired) electrons. The lowest BCUT2D eigenvalue weighted by atomic mass is 10.2. The molecular weight excluding hydrogens is 338 g/mol. The number of nitrogens with zero attached hydrogens (tertiary/aromatic N) is 3. The van der Waals surface area contributed by atoms with Gasteiger partial charge < -0.3 is 15.1 Å². The molecule has 2 amide bonds. The number of hydrogen-bond donors (Lipinski definition) is 2. The highest BCUT2D eigenvalue weighted by atomic mass is 32.1. The van der Waals surface area contributed by atoms with Crippen LogP contribution >= 0.6 is 11.3 Å². The summed E-state index contributed by atoms with van der Waals surface area (Å²) in [7, 11) is 5.93. The zero-order valence-electron chi connectivity index (χ0n) is 14.5. The number of likely N-dealkylation sites (N-methyl/N-ethyl adjacent to an activating group) is 1. The Labute approximate surface area is 150 Å². The molecule has 0 spiro atoms. The number of thiazole rings is 1. The van der Waals surface area contributed by atoms with Crippen molar-refractivity contribution in [3.05, 3.63) is 34.8 Å². The van der Waals surface area contributed by atoms with Gasteiger partial charge in [-0.3, -0.25) is 14.9 Å². The van der Waals surface area contributed by atoms with Crippen molar-refractivity contribution >= 4 is 39.7 Å². The summed E-state index contributed by atoms with van der Waals surface area (Å²) in [5, 5.41) is 5.66. The van der Waals surface area contributed by atoms with Crippen molar-refractivity contribution in [3.8, 4) is 0 Å². The second-order valence-electron chi connectivity index (χ2n) is 6.23. The van der Waals surface area contributed by atoms with Crippen LogP contribution in [0.5, 0.6) is 0 Å². The van der Waals surface area contributed by atoms with Gasteiger partial charge in [-0.05, 0) is 31.3 Å². The molecule has 0 atom stereocenters. The van der Waals surface area contributed by atoms with E-state index in [-0.39, 0.29) is 0 Å². The van der Waals surface area contributed by atoms with Gasteiger partial charge in [0.25, 0.3) is 0 Å². The third-order valence-electron chi connectivity index (χ3n) is 3.99. The summed E-state index contributed by atoms with van der Waals surface area (Å²) in [5.74, 6) is -1.42. The maximum Gasteiger partial charge on any atom is 0.315 e. The second kappa shape index (κ2) is 7.20. The van der Waals surface area contributed by atoms with E-state index in [2.05, 4.69) is 27.6 Å². The first-order valence-electron chi connectivity index (χ1n) is 7.99. The van der Waals surface area contributed by atoms with Gasteiger partial charge in [-0.15, -0.1) is 11.3 Å². The number of amides is 2. The quantitative estimate of drug-likeness (QED) is 0.817. The van der Waals surface area contributed by atoms with Crippen molar-refractivity contribution in [1.29, 1.82) is 0 Å². The minimum absolute atomic E-state index is 0.475. The van der Waals surface area contributed by atoms with Crippen molar-refractivity contribution in [2.24, 2.45) is 0 Å². The third-order valence-corrected chi connectivity index (χ3v) is 4.99. The fourth-order valence-electron chi connectivity index (χ4n) is 2.56. The summed E-state index contributed by atoms with van der Waals surface area (Å²) in [6.45, 7) is 1.78. The predicted molar refractivity (Wildman–Crippen MR) is 100 cm³/mol. The highest BCUT2D eigenvalue weighted by Gasteiger charge is 2.21. The molecule has 2 aromatic rings. The number of nitrogens with one attached hydrogen (secondary N) is 2.